The molecule has 1 aliphatic rings. The van der Waals surface area contributed by atoms with E-state index in [4.69, 9.17) is 10.5 Å². The zero-order chi connectivity index (χ0) is 13.1. The van der Waals surface area contributed by atoms with Crippen molar-refractivity contribution < 1.29 is 9.53 Å². The van der Waals surface area contributed by atoms with Crippen LogP contribution in [0.1, 0.15) is 22.8 Å². The van der Waals surface area contributed by atoms with Gasteiger partial charge in [-0.05, 0) is 25.5 Å². The minimum Gasteiger partial charge on any atom is -0.373 e. The Bertz CT molecular complexity index is 434. The van der Waals surface area contributed by atoms with Crippen LogP contribution >= 0.6 is 0 Å². The molecule has 98 valence electrons. The van der Waals surface area contributed by atoms with Crippen molar-refractivity contribution in [1.29, 1.82) is 0 Å². The van der Waals surface area contributed by atoms with Gasteiger partial charge in [-0.25, -0.2) is 0 Å². The summed E-state index contributed by atoms with van der Waals surface area (Å²) in [7, 11) is 0. The molecule has 0 aromatic carbocycles. The number of ether oxygens (including phenoxy) is 1. The second kappa shape index (κ2) is 5.46. The number of nitrogens with zero attached hydrogens (tertiary/aromatic N) is 2. The highest BCUT2D eigenvalue weighted by molar-refractivity contribution is 5.94. The Morgan fingerprint density at radius 1 is 1.61 bits per heavy atom. The summed E-state index contributed by atoms with van der Waals surface area (Å²) < 4.78 is 5.54. The van der Waals surface area contributed by atoms with E-state index in [1.54, 1.807) is 17.3 Å². The number of carbonyl (C=O) groups excluding carboxylic acids is 1. The number of hydrogen-bond donors (Lipinski definition) is 1. The Balaban J connectivity index is 2.09. The number of carbonyl (C=O) groups is 1. The summed E-state index contributed by atoms with van der Waals surface area (Å²) in [5, 5.41) is 0. The van der Waals surface area contributed by atoms with Gasteiger partial charge in [0.2, 0.25) is 0 Å². The lowest BCUT2D eigenvalue weighted by atomic mass is 10.1. The number of hydrogen-bond acceptors (Lipinski definition) is 4. The Kier molecular flexibility index (Phi) is 3.93. The summed E-state index contributed by atoms with van der Waals surface area (Å²) in [5.41, 5.74) is 7.43. The van der Waals surface area contributed by atoms with Crippen LogP contribution in [0.25, 0.3) is 0 Å². The molecule has 18 heavy (non-hydrogen) atoms. The van der Waals surface area contributed by atoms with Crippen LogP contribution in [-0.4, -0.2) is 47.6 Å². The lowest BCUT2D eigenvalue weighted by molar-refractivity contribution is -0.0300. The smallest absolute Gasteiger partial charge is 0.255 e. The maximum absolute atomic E-state index is 12.3. The molecule has 1 saturated heterocycles. The van der Waals surface area contributed by atoms with Crippen molar-refractivity contribution in [3.63, 3.8) is 0 Å². The van der Waals surface area contributed by atoms with E-state index < -0.39 is 0 Å². The van der Waals surface area contributed by atoms with Gasteiger partial charge in [-0.2, -0.15) is 0 Å². The molecule has 1 aromatic rings. The number of nitrogens with two attached hydrogens (primary N) is 1. The molecule has 1 aromatic heterocycles. The molecule has 2 rings (SSSR count). The van der Waals surface area contributed by atoms with E-state index in [1.807, 2.05) is 19.9 Å². The molecular formula is C13H19N3O2. The fraction of sp³-hybridized carbons (Fsp3) is 0.538. The third-order valence-electron chi connectivity index (χ3n) is 3.09. The van der Waals surface area contributed by atoms with Crippen molar-refractivity contribution in [2.45, 2.75) is 26.0 Å². The summed E-state index contributed by atoms with van der Waals surface area (Å²) in [6.07, 6.45) is 3.26. The second-order valence-electron chi connectivity index (χ2n) is 4.77. The van der Waals surface area contributed by atoms with Crippen LogP contribution in [0.4, 0.5) is 0 Å². The predicted molar refractivity (Wildman–Crippen MR) is 68.3 cm³/mol. The van der Waals surface area contributed by atoms with Crippen LogP contribution in [-0.2, 0) is 4.74 Å². The second-order valence-corrected chi connectivity index (χ2v) is 4.77. The molecule has 5 heteroatoms. The topological polar surface area (TPSA) is 68.5 Å². The lowest BCUT2D eigenvalue weighted by Crippen LogP contribution is -2.51. The standard InChI is InChI=1S/C13H19N3O2/c1-9-5-11(7-15-6-9)13(17)16-3-4-18-12(8-16)10(2)14/h5-7,10,12H,3-4,8,14H2,1-2H3. The highest BCUT2D eigenvalue weighted by atomic mass is 16.5. The maximum Gasteiger partial charge on any atom is 0.255 e. The third kappa shape index (κ3) is 2.86. The van der Waals surface area contributed by atoms with Gasteiger partial charge in [0.05, 0.1) is 18.3 Å². The summed E-state index contributed by atoms with van der Waals surface area (Å²) in [6, 6.07) is 1.78. The van der Waals surface area contributed by atoms with Crippen LogP contribution < -0.4 is 5.73 Å². The number of amides is 1. The zero-order valence-corrected chi connectivity index (χ0v) is 10.8. The molecule has 2 N–H and O–H groups in total. The molecule has 1 aliphatic heterocycles. The first-order valence-electron chi connectivity index (χ1n) is 6.16. The molecule has 0 radical (unpaired) electrons. The largest absolute Gasteiger partial charge is 0.373 e. The first-order chi connectivity index (χ1) is 8.58. The maximum atomic E-state index is 12.3. The van der Waals surface area contributed by atoms with Crippen LogP contribution in [0.2, 0.25) is 0 Å². The number of rotatable bonds is 2. The van der Waals surface area contributed by atoms with E-state index in [-0.39, 0.29) is 18.1 Å². The summed E-state index contributed by atoms with van der Waals surface area (Å²) in [5.74, 6) is 0.000139. The van der Waals surface area contributed by atoms with Gasteiger partial charge in [0, 0.05) is 31.5 Å². The predicted octanol–water partition coefficient (Wildman–Crippen LogP) is 0.578. The monoisotopic (exact) mass is 249 g/mol. The van der Waals surface area contributed by atoms with Gasteiger partial charge in [-0.1, -0.05) is 0 Å². The summed E-state index contributed by atoms with van der Waals surface area (Å²) in [4.78, 5) is 18.1. The number of aromatic nitrogens is 1. The first-order valence-corrected chi connectivity index (χ1v) is 6.16. The van der Waals surface area contributed by atoms with Crippen molar-refractivity contribution in [3.05, 3.63) is 29.6 Å². The quantitative estimate of drug-likeness (QED) is 0.832. The Morgan fingerprint density at radius 2 is 2.39 bits per heavy atom. The highest BCUT2D eigenvalue weighted by Crippen LogP contribution is 2.12. The van der Waals surface area contributed by atoms with Gasteiger partial charge in [-0.15, -0.1) is 0 Å². The van der Waals surface area contributed by atoms with Gasteiger partial charge in [0.25, 0.3) is 5.91 Å². The molecule has 0 aliphatic carbocycles. The Labute approximate surface area is 107 Å². The molecule has 0 bridgehead atoms. The minimum atomic E-state index is -0.0829. The summed E-state index contributed by atoms with van der Waals surface area (Å²) >= 11 is 0. The third-order valence-corrected chi connectivity index (χ3v) is 3.09. The van der Waals surface area contributed by atoms with E-state index in [9.17, 15) is 4.79 Å². The number of pyridine rings is 1. The molecule has 2 unspecified atom stereocenters. The number of aryl methyl sites for hydroxylation is 1. The molecule has 5 nitrogen and oxygen atoms in total. The van der Waals surface area contributed by atoms with Crippen LogP contribution in [0.5, 0.6) is 0 Å². The molecule has 2 atom stereocenters. The van der Waals surface area contributed by atoms with E-state index in [1.165, 1.54) is 0 Å². The summed E-state index contributed by atoms with van der Waals surface area (Å²) in [6.45, 7) is 5.51. The van der Waals surface area contributed by atoms with Gasteiger partial charge in [0.15, 0.2) is 0 Å². The Hall–Kier alpha value is -1.46. The van der Waals surface area contributed by atoms with Crippen molar-refractivity contribution in [2.75, 3.05) is 19.7 Å². The Morgan fingerprint density at radius 3 is 3.06 bits per heavy atom. The molecule has 0 spiro atoms. The molecule has 0 saturated carbocycles. The molecule has 1 fully saturated rings. The first kappa shape index (κ1) is 13.0. The molecule has 1 amide bonds. The zero-order valence-electron chi connectivity index (χ0n) is 10.8. The van der Waals surface area contributed by atoms with Crippen LogP contribution in [0.15, 0.2) is 18.5 Å². The van der Waals surface area contributed by atoms with Gasteiger partial charge in [0.1, 0.15) is 0 Å². The van der Waals surface area contributed by atoms with Crippen LogP contribution in [0, 0.1) is 6.92 Å². The minimum absolute atomic E-state index is 0.000139. The normalized spacial score (nSPS) is 21.7. The van der Waals surface area contributed by atoms with Gasteiger partial charge in [-0.3, -0.25) is 9.78 Å². The van der Waals surface area contributed by atoms with E-state index in [0.29, 0.717) is 25.3 Å². The van der Waals surface area contributed by atoms with Crippen molar-refractivity contribution >= 4 is 5.91 Å². The van der Waals surface area contributed by atoms with Crippen molar-refractivity contribution in [1.82, 2.24) is 9.88 Å². The molecule has 2 heterocycles. The van der Waals surface area contributed by atoms with Gasteiger partial charge < -0.3 is 15.4 Å². The van der Waals surface area contributed by atoms with E-state index in [0.717, 1.165) is 5.56 Å². The fourth-order valence-corrected chi connectivity index (χ4v) is 2.03. The average Bonchev–Trinajstić information content (AvgIpc) is 2.38. The van der Waals surface area contributed by atoms with Crippen molar-refractivity contribution in [2.24, 2.45) is 5.73 Å². The molecular weight excluding hydrogens is 230 g/mol. The van der Waals surface area contributed by atoms with E-state index in [2.05, 4.69) is 4.98 Å². The lowest BCUT2D eigenvalue weighted by Gasteiger charge is -2.34. The highest BCUT2D eigenvalue weighted by Gasteiger charge is 2.27. The number of morpholine rings is 1. The van der Waals surface area contributed by atoms with Crippen molar-refractivity contribution in [3.8, 4) is 0 Å². The van der Waals surface area contributed by atoms with Gasteiger partial charge >= 0.3 is 0 Å². The van der Waals surface area contributed by atoms with E-state index >= 15 is 0 Å². The van der Waals surface area contributed by atoms with Crippen LogP contribution in [0.3, 0.4) is 0 Å². The average molecular weight is 249 g/mol. The fourth-order valence-electron chi connectivity index (χ4n) is 2.03. The SMILES string of the molecule is Cc1cncc(C(=O)N2CCOC(C(C)N)C2)c1.